The van der Waals surface area contributed by atoms with Crippen LogP contribution in [0.4, 0.5) is 0 Å². The smallest absolute Gasteiger partial charge is 0.0811 e. The summed E-state index contributed by atoms with van der Waals surface area (Å²) in [5, 5.41) is 2.26. The Balaban J connectivity index is 3.04. The van der Waals surface area contributed by atoms with Crippen LogP contribution in [0.15, 0.2) is 12.1 Å². The zero-order valence-electron chi connectivity index (χ0n) is 8.24. The van der Waals surface area contributed by atoms with E-state index >= 15 is 0 Å². The van der Waals surface area contributed by atoms with E-state index in [-0.39, 0.29) is 0 Å². The molecule has 2 rings (SSSR count). The van der Waals surface area contributed by atoms with Crippen molar-refractivity contribution in [3.8, 4) is 0 Å². The summed E-state index contributed by atoms with van der Waals surface area (Å²) in [7, 11) is 0. The molecule has 2 aromatic rings. The molecule has 0 amide bonds. The molecule has 1 aromatic heterocycles. The van der Waals surface area contributed by atoms with Gasteiger partial charge in [0.25, 0.3) is 0 Å². The molecule has 0 N–H and O–H groups in total. The van der Waals surface area contributed by atoms with Gasteiger partial charge in [0.15, 0.2) is 0 Å². The molecule has 0 saturated heterocycles. The van der Waals surface area contributed by atoms with Gasteiger partial charge in [-0.2, -0.15) is 0 Å². The fourth-order valence-corrected chi connectivity index (χ4v) is 2.27. The van der Waals surface area contributed by atoms with Crippen LogP contribution in [-0.4, -0.2) is 4.98 Å². The molecule has 1 aromatic carbocycles. The first kappa shape index (κ1) is 11.0. The molecule has 0 spiro atoms. The topological polar surface area (TPSA) is 12.9 Å². The van der Waals surface area contributed by atoms with Crippen molar-refractivity contribution in [1.29, 1.82) is 0 Å². The third-order valence-corrected chi connectivity index (χ3v) is 3.59. The molecule has 15 heavy (non-hydrogen) atoms. The molecule has 0 atom stereocenters. The number of aromatic nitrogens is 1. The Labute approximate surface area is 103 Å². The van der Waals surface area contributed by atoms with Gasteiger partial charge in [-0.25, -0.2) is 0 Å². The maximum absolute atomic E-state index is 6.15. The number of hydrogen-bond acceptors (Lipinski definition) is 1. The molecule has 0 saturated carbocycles. The highest BCUT2D eigenvalue weighted by molar-refractivity contribution is 6.48. The van der Waals surface area contributed by atoms with Gasteiger partial charge in [0.2, 0.25) is 0 Å². The lowest BCUT2D eigenvalue weighted by Crippen LogP contribution is -1.90. The average Bonchev–Trinajstić information content (AvgIpc) is 2.20. The van der Waals surface area contributed by atoms with E-state index in [2.05, 4.69) is 4.98 Å². The summed E-state index contributed by atoms with van der Waals surface area (Å²) in [5.74, 6) is 0. The van der Waals surface area contributed by atoms with Crippen molar-refractivity contribution in [2.24, 2.45) is 0 Å². The minimum Gasteiger partial charge on any atom is -0.251 e. The summed E-state index contributed by atoms with van der Waals surface area (Å²) in [6, 6.07) is 3.72. The summed E-state index contributed by atoms with van der Waals surface area (Å²) >= 11 is 18.3. The van der Waals surface area contributed by atoms with Gasteiger partial charge in [-0.15, -0.1) is 0 Å². The van der Waals surface area contributed by atoms with Crippen molar-refractivity contribution in [1.82, 2.24) is 4.98 Å². The molecule has 0 aliphatic rings. The molecule has 0 aliphatic carbocycles. The largest absolute Gasteiger partial charge is 0.251 e. The molecule has 1 nitrogen and oxygen atoms in total. The first-order valence-corrected chi connectivity index (χ1v) is 5.56. The minimum absolute atomic E-state index is 0.469. The SMILES string of the molecule is Cc1nc2c(C)ccc(Cl)c2c(Cl)c1Cl. The number of nitrogens with zero attached hydrogens (tertiary/aromatic N) is 1. The molecule has 0 fully saturated rings. The van der Waals surface area contributed by atoms with E-state index in [1.807, 2.05) is 19.9 Å². The fourth-order valence-electron chi connectivity index (χ4n) is 1.51. The first-order chi connectivity index (χ1) is 7.02. The van der Waals surface area contributed by atoms with Gasteiger partial charge < -0.3 is 0 Å². The van der Waals surface area contributed by atoms with Crippen molar-refractivity contribution in [2.75, 3.05) is 0 Å². The van der Waals surface area contributed by atoms with E-state index in [0.717, 1.165) is 22.2 Å². The zero-order chi connectivity index (χ0) is 11.2. The molecule has 4 heteroatoms. The second-order valence-corrected chi connectivity index (χ2v) is 4.58. The summed E-state index contributed by atoms with van der Waals surface area (Å²) in [6.07, 6.45) is 0. The first-order valence-electron chi connectivity index (χ1n) is 4.42. The molecule has 0 unspecified atom stereocenters. The van der Waals surface area contributed by atoms with E-state index in [9.17, 15) is 0 Å². The standard InChI is InChI=1S/C11H8Cl3N/c1-5-3-4-7(12)8-10(14)9(13)6(2)15-11(5)8/h3-4H,1-2H3. The average molecular weight is 261 g/mol. The Kier molecular flexibility index (Phi) is 2.80. The minimum atomic E-state index is 0.469. The Morgan fingerprint density at radius 2 is 1.67 bits per heavy atom. The zero-order valence-corrected chi connectivity index (χ0v) is 10.5. The lowest BCUT2D eigenvalue weighted by atomic mass is 10.1. The van der Waals surface area contributed by atoms with E-state index in [4.69, 9.17) is 34.8 Å². The molecular formula is C11H8Cl3N. The maximum Gasteiger partial charge on any atom is 0.0811 e. The Morgan fingerprint density at radius 3 is 2.33 bits per heavy atom. The van der Waals surface area contributed by atoms with E-state index in [0.29, 0.717) is 15.1 Å². The Morgan fingerprint density at radius 1 is 1.00 bits per heavy atom. The monoisotopic (exact) mass is 259 g/mol. The number of rotatable bonds is 0. The van der Waals surface area contributed by atoms with Crippen LogP contribution in [0.5, 0.6) is 0 Å². The van der Waals surface area contributed by atoms with Crippen LogP contribution in [0.1, 0.15) is 11.3 Å². The second kappa shape index (κ2) is 3.82. The molecule has 0 bridgehead atoms. The van der Waals surface area contributed by atoms with Gasteiger partial charge in [0, 0.05) is 5.39 Å². The van der Waals surface area contributed by atoms with Crippen molar-refractivity contribution in [3.63, 3.8) is 0 Å². The molecular weight excluding hydrogens is 252 g/mol. The predicted octanol–water partition coefficient (Wildman–Crippen LogP) is 4.81. The van der Waals surface area contributed by atoms with E-state index in [1.54, 1.807) is 6.07 Å². The summed E-state index contributed by atoms with van der Waals surface area (Å²) < 4.78 is 0. The lowest BCUT2D eigenvalue weighted by Gasteiger charge is -2.08. The van der Waals surface area contributed by atoms with Crippen molar-refractivity contribution in [3.05, 3.63) is 38.5 Å². The van der Waals surface area contributed by atoms with Gasteiger partial charge in [-0.3, -0.25) is 4.98 Å². The van der Waals surface area contributed by atoms with Crippen LogP contribution in [-0.2, 0) is 0 Å². The normalized spacial score (nSPS) is 11.0. The lowest BCUT2D eigenvalue weighted by molar-refractivity contribution is 1.24. The molecule has 78 valence electrons. The van der Waals surface area contributed by atoms with Gasteiger partial charge in [0.1, 0.15) is 0 Å². The van der Waals surface area contributed by atoms with Gasteiger partial charge >= 0.3 is 0 Å². The maximum atomic E-state index is 6.15. The van der Waals surface area contributed by atoms with E-state index < -0.39 is 0 Å². The fraction of sp³-hybridized carbons (Fsp3) is 0.182. The number of benzene rings is 1. The number of halogens is 3. The van der Waals surface area contributed by atoms with Crippen molar-refractivity contribution in [2.45, 2.75) is 13.8 Å². The van der Waals surface area contributed by atoms with Gasteiger partial charge in [-0.05, 0) is 25.5 Å². The molecule has 0 radical (unpaired) electrons. The van der Waals surface area contributed by atoms with Crippen LogP contribution in [0.25, 0.3) is 10.9 Å². The third-order valence-electron chi connectivity index (χ3n) is 2.34. The quantitative estimate of drug-likeness (QED) is 0.662. The highest BCUT2D eigenvalue weighted by Crippen LogP contribution is 2.36. The van der Waals surface area contributed by atoms with Crippen LogP contribution in [0.3, 0.4) is 0 Å². The number of fused-ring (bicyclic) bond motifs is 1. The summed E-state index contributed by atoms with van der Waals surface area (Å²) in [5.41, 5.74) is 2.57. The van der Waals surface area contributed by atoms with Crippen LogP contribution in [0, 0.1) is 13.8 Å². The summed E-state index contributed by atoms with van der Waals surface area (Å²) in [6.45, 7) is 3.79. The predicted molar refractivity (Wildman–Crippen MR) is 66.2 cm³/mol. The van der Waals surface area contributed by atoms with Crippen LogP contribution >= 0.6 is 34.8 Å². The van der Waals surface area contributed by atoms with Gasteiger partial charge in [0.05, 0.1) is 26.3 Å². The van der Waals surface area contributed by atoms with Gasteiger partial charge in [-0.1, -0.05) is 40.9 Å². The van der Waals surface area contributed by atoms with Crippen LogP contribution in [0.2, 0.25) is 15.1 Å². The second-order valence-electron chi connectivity index (χ2n) is 3.41. The highest BCUT2D eigenvalue weighted by atomic mass is 35.5. The number of hydrogen-bond donors (Lipinski definition) is 0. The third kappa shape index (κ3) is 1.69. The number of pyridine rings is 1. The summed E-state index contributed by atoms with van der Waals surface area (Å²) in [4.78, 5) is 4.40. The van der Waals surface area contributed by atoms with Crippen LogP contribution < -0.4 is 0 Å². The molecule has 1 heterocycles. The highest BCUT2D eigenvalue weighted by Gasteiger charge is 2.13. The van der Waals surface area contributed by atoms with Crippen molar-refractivity contribution >= 4 is 45.7 Å². The Hall–Kier alpha value is -0.500. The number of aryl methyl sites for hydroxylation is 2. The molecule has 0 aliphatic heterocycles. The Bertz CT molecular complexity index is 549. The van der Waals surface area contributed by atoms with Crippen molar-refractivity contribution < 1.29 is 0 Å². The van der Waals surface area contributed by atoms with E-state index in [1.165, 1.54) is 0 Å².